The van der Waals surface area contributed by atoms with Crippen molar-refractivity contribution in [2.24, 2.45) is 0 Å². The monoisotopic (exact) mass is 222 g/mol. The quantitative estimate of drug-likeness (QED) is 0.475. The number of benzene rings is 1. The average molecular weight is 223 g/mol. The van der Waals surface area contributed by atoms with Crippen molar-refractivity contribution in [2.75, 3.05) is 6.61 Å². The topological polar surface area (TPSA) is 54.4 Å². The Morgan fingerprint density at radius 3 is 2.53 bits per heavy atom. The first-order chi connectivity index (χ1) is 7.10. The molecule has 0 amide bonds. The zero-order valence-corrected chi connectivity index (χ0v) is 8.41. The van der Waals surface area contributed by atoms with Gasteiger partial charge in [-0.05, 0) is 29.8 Å². The highest BCUT2D eigenvalue weighted by Gasteiger charge is 2.15. The van der Waals surface area contributed by atoms with E-state index in [0.29, 0.717) is 5.56 Å². The molecular formula is C11H7ClO3. The summed E-state index contributed by atoms with van der Waals surface area (Å²) < 4.78 is 0. The highest BCUT2D eigenvalue weighted by Crippen LogP contribution is 2.14. The first kappa shape index (κ1) is 11.4. The molecule has 0 spiro atoms. The van der Waals surface area contributed by atoms with Gasteiger partial charge in [0, 0.05) is 16.7 Å². The summed E-state index contributed by atoms with van der Waals surface area (Å²) in [5.74, 6) is 1.74. The summed E-state index contributed by atoms with van der Waals surface area (Å²) in [5, 5.41) is 7.95. The van der Waals surface area contributed by atoms with Gasteiger partial charge in [-0.15, -0.1) is 6.42 Å². The van der Waals surface area contributed by atoms with Crippen molar-refractivity contribution in [3.8, 4) is 12.3 Å². The second kappa shape index (κ2) is 4.74. The minimum Gasteiger partial charge on any atom is -0.388 e. The number of aliphatic hydroxyl groups is 1. The number of carbonyl (C=O) groups excluding carboxylic acids is 2. The van der Waals surface area contributed by atoms with Gasteiger partial charge in [0.25, 0.3) is 5.24 Å². The molecule has 1 N–H and O–H groups in total. The zero-order valence-electron chi connectivity index (χ0n) is 7.66. The highest BCUT2D eigenvalue weighted by molar-refractivity contribution is 6.68. The van der Waals surface area contributed by atoms with E-state index in [1.165, 1.54) is 18.2 Å². The van der Waals surface area contributed by atoms with Crippen LogP contribution < -0.4 is 0 Å². The van der Waals surface area contributed by atoms with E-state index in [-0.39, 0.29) is 11.1 Å². The van der Waals surface area contributed by atoms with Crippen molar-refractivity contribution in [3.05, 3.63) is 34.9 Å². The predicted molar refractivity (Wildman–Crippen MR) is 56.0 cm³/mol. The summed E-state index contributed by atoms with van der Waals surface area (Å²) >= 11 is 5.28. The lowest BCUT2D eigenvalue weighted by atomic mass is 10.0. The number of Topliss-reactive ketones (excluding diaryl/α,β-unsaturated/α-hetero) is 1. The molecule has 0 atom stereocenters. The Morgan fingerprint density at radius 2 is 2.07 bits per heavy atom. The number of ketones is 1. The Hall–Kier alpha value is -1.63. The van der Waals surface area contributed by atoms with Gasteiger partial charge in [0.15, 0.2) is 5.78 Å². The van der Waals surface area contributed by atoms with Gasteiger partial charge in [-0.1, -0.05) is 5.92 Å². The molecule has 76 valence electrons. The van der Waals surface area contributed by atoms with E-state index in [0.717, 1.165) is 0 Å². The Morgan fingerprint density at radius 1 is 1.40 bits per heavy atom. The molecule has 0 bridgehead atoms. The van der Waals surface area contributed by atoms with Crippen LogP contribution >= 0.6 is 11.6 Å². The predicted octanol–water partition coefficient (Wildman–Crippen LogP) is 1.22. The maximum atomic E-state index is 11.3. The summed E-state index contributed by atoms with van der Waals surface area (Å²) in [6.07, 6.45) is 5.14. The number of terminal acetylenes is 1. The maximum absolute atomic E-state index is 11.3. The van der Waals surface area contributed by atoms with E-state index >= 15 is 0 Å². The summed E-state index contributed by atoms with van der Waals surface area (Å²) in [4.78, 5) is 22.2. The number of halogens is 1. The van der Waals surface area contributed by atoms with Crippen LogP contribution in [0.2, 0.25) is 0 Å². The van der Waals surface area contributed by atoms with Gasteiger partial charge in [0.1, 0.15) is 6.61 Å². The van der Waals surface area contributed by atoms with Crippen LogP contribution in [0, 0.1) is 12.3 Å². The van der Waals surface area contributed by atoms with Crippen molar-refractivity contribution in [3.63, 3.8) is 0 Å². The third-order valence-corrected chi connectivity index (χ3v) is 2.05. The third-order valence-electron chi connectivity index (χ3n) is 1.84. The standard InChI is InChI=1S/C11H7ClO3/c1-2-7-3-4-8(11(12)15)9(5-7)10(14)6-13/h1,3-5,13H,6H2. The molecule has 1 aromatic rings. The van der Waals surface area contributed by atoms with E-state index < -0.39 is 17.6 Å². The molecule has 0 aliphatic rings. The lowest BCUT2D eigenvalue weighted by Gasteiger charge is -2.03. The van der Waals surface area contributed by atoms with Crippen LogP contribution in [0.3, 0.4) is 0 Å². The first-order valence-electron chi connectivity index (χ1n) is 4.04. The van der Waals surface area contributed by atoms with Gasteiger partial charge in [0.05, 0.1) is 0 Å². The normalized spacial score (nSPS) is 9.40. The minimum absolute atomic E-state index is 0.0490. The van der Waals surface area contributed by atoms with E-state index in [9.17, 15) is 9.59 Å². The van der Waals surface area contributed by atoms with E-state index in [1.807, 2.05) is 0 Å². The van der Waals surface area contributed by atoms with Gasteiger partial charge < -0.3 is 5.11 Å². The van der Waals surface area contributed by atoms with Crippen LogP contribution in [0.15, 0.2) is 18.2 Å². The van der Waals surface area contributed by atoms with Gasteiger partial charge >= 0.3 is 0 Å². The van der Waals surface area contributed by atoms with Crippen molar-refractivity contribution < 1.29 is 14.7 Å². The van der Waals surface area contributed by atoms with Gasteiger partial charge in [-0.3, -0.25) is 9.59 Å². The molecule has 0 radical (unpaired) electrons. The summed E-state index contributed by atoms with van der Waals surface area (Å²) in [6, 6.07) is 4.23. The molecule has 0 aliphatic carbocycles. The lowest BCUT2D eigenvalue weighted by molar-refractivity contribution is 0.0898. The van der Waals surface area contributed by atoms with Gasteiger partial charge in [-0.2, -0.15) is 0 Å². The first-order valence-corrected chi connectivity index (χ1v) is 4.42. The molecule has 0 saturated heterocycles. The number of rotatable bonds is 3. The Kier molecular flexibility index (Phi) is 3.62. The van der Waals surface area contributed by atoms with Crippen LogP contribution in [-0.2, 0) is 0 Å². The second-order valence-electron chi connectivity index (χ2n) is 2.76. The van der Waals surface area contributed by atoms with Gasteiger partial charge in [0.2, 0.25) is 0 Å². The molecule has 0 fully saturated rings. The fourth-order valence-electron chi connectivity index (χ4n) is 1.12. The molecule has 4 heteroatoms. The Bertz CT molecular complexity index is 457. The third kappa shape index (κ3) is 2.44. The van der Waals surface area contributed by atoms with Gasteiger partial charge in [-0.25, -0.2) is 0 Å². The zero-order chi connectivity index (χ0) is 11.4. The fraction of sp³-hybridized carbons (Fsp3) is 0.0909. The van der Waals surface area contributed by atoms with Crippen molar-refractivity contribution in [1.82, 2.24) is 0 Å². The minimum atomic E-state index is -0.754. The summed E-state index contributed by atoms with van der Waals surface area (Å²) in [7, 11) is 0. The number of carbonyl (C=O) groups is 2. The van der Waals surface area contributed by atoms with Crippen LogP contribution in [-0.4, -0.2) is 22.7 Å². The van der Waals surface area contributed by atoms with Crippen molar-refractivity contribution >= 4 is 22.6 Å². The molecular weight excluding hydrogens is 216 g/mol. The lowest BCUT2D eigenvalue weighted by Crippen LogP contribution is -2.10. The molecule has 1 rings (SSSR count). The van der Waals surface area contributed by atoms with E-state index in [2.05, 4.69) is 5.92 Å². The number of hydrogen-bond donors (Lipinski definition) is 1. The molecule has 0 aromatic heterocycles. The molecule has 0 aliphatic heterocycles. The highest BCUT2D eigenvalue weighted by atomic mass is 35.5. The molecule has 1 aromatic carbocycles. The molecule has 0 unspecified atom stereocenters. The van der Waals surface area contributed by atoms with E-state index in [1.54, 1.807) is 0 Å². The van der Waals surface area contributed by atoms with E-state index in [4.69, 9.17) is 23.1 Å². The molecule has 15 heavy (non-hydrogen) atoms. The van der Waals surface area contributed by atoms with Crippen molar-refractivity contribution in [2.45, 2.75) is 0 Å². The molecule has 0 heterocycles. The Labute approximate surface area is 91.7 Å². The van der Waals surface area contributed by atoms with Crippen molar-refractivity contribution in [1.29, 1.82) is 0 Å². The Balaban J connectivity index is 3.36. The second-order valence-corrected chi connectivity index (χ2v) is 3.10. The largest absolute Gasteiger partial charge is 0.388 e. The number of aliphatic hydroxyl groups excluding tert-OH is 1. The average Bonchev–Trinajstić information content (AvgIpc) is 2.26. The maximum Gasteiger partial charge on any atom is 0.253 e. The van der Waals surface area contributed by atoms with Crippen LogP contribution in [0.25, 0.3) is 0 Å². The SMILES string of the molecule is C#Cc1ccc(C(=O)Cl)c(C(=O)CO)c1. The number of hydrogen-bond acceptors (Lipinski definition) is 3. The molecule has 0 saturated carbocycles. The summed E-state index contributed by atoms with van der Waals surface area (Å²) in [5.41, 5.74) is 0.552. The summed E-state index contributed by atoms with van der Waals surface area (Å²) in [6.45, 7) is -0.689. The fourth-order valence-corrected chi connectivity index (χ4v) is 1.29. The smallest absolute Gasteiger partial charge is 0.253 e. The van der Waals surface area contributed by atoms with Crippen LogP contribution in [0.5, 0.6) is 0 Å². The van der Waals surface area contributed by atoms with Crippen LogP contribution in [0.1, 0.15) is 26.3 Å². The molecule has 3 nitrogen and oxygen atoms in total. The van der Waals surface area contributed by atoms with Crippen LogP contribution in [0.4, 0.5) is 0 Å².